The number of aryl methyl sites for hydroxylation is 1. The molecule has 1 heterocycles. The number of benzene rings is 2. The molecule has 126 valence electrons. The Morgan fingerprint density at radius 3 is 2.38 bits per heavy atom. The molecule has 0 N–H and O–H groups in total. The summed E-state index contributed by atoms with van der Waals surface area (Å²) in [5.41, 5.74) is 1.84. The summed E-state index contributed by atoms with van der Waals surface area (Å²) < 4.78 is 13.8. The number of anilines is 1. The van der Waals surface area contributed by atoms with E-state index in [9.17, 15) is 9.18 Å². The molecule has 0 spiro atoms. The van der Waals surface area contributed by atoms with Crippen LogP contribution in [0.15, 0.2) is 53.4 Å². The summed E-state index contributed by atoms with van der Waals surface area (Å²) in [6.07, 6.45) is 0. The van der Waals surface area contributed by atoms with Crippen LogP contribution in [0.25, 0.3) is 0 Å². The number of para-hydroxylation sites is 1. The number of hydrogen-bond acceptors (Lipinski definition) is 3. The second-order valence-corrected chi connectivity index (χ2v) is 6.97. The Balaban J connectivity index is 1.50. The largest absolute Gasteiger partial charge is 0.366 e. The highest BCUT2D eigenvalue weighted by Crippen LogP contribution is 2.22. The van der Waals surface area contributed by atoms with Crippen LogP contribution in [0.1, 0.15) is 5.56 Å². The molecule has 2 aromatic rings. The van der Waals surface area contributed by atoms with Crippen molar-refractivity contribution in [3.8, 4) is 0 Å². The smallest absolute Gasteiger partial charge is 0.233 e. The van der Waals surface area contributed by atoms with Crippen LogP contribution in [-0.2, 0) is 4.79 Å². The molecule has 1 aliphatic rings. The van der Waals surface area contributed by atoms with E-state index < -0.39 is 0 Å². The van der Waals surface area contributed by atoms with E-state index in [0.717, 1.165) is 4.90 Å². The molecular formula is C19H21FN2OS. The summed E-state index contributed by atoms with van der Waals surface area (Å²) >= 11 is 1.57. The minimum absolute atomic E-state index is 0.147. The number of halogens is 1. The monoisotopic (exact) mass is 344 g/mol. The van der Waals surface area contributed by atoms with Gasteiger partial charge in [0.25, 0.3) is 0 Å². The van der Waals surface area contributed by atoms with Crippen LogP contribution in [-0.4, -0.2) is 42.7 Å². The molecule has 0 atom stereocenters. The van der Waals surface area contributed by atoms with Gasteiger partial charge < -0.3 is 9.80 Å². The van der Waals surface area contributed by atoms with Gasteiger partial charge in [-0.05, 0) is 31.2 Å². The van der Waals surface area contributed by atoms with Gasteiger partial charge in [0.1, 0.15) is 5.82 Å². The molecule has 1 saturated heterocycles. The van der Waals surface area contributed by atoms with Gasteiger partial charge in [0, 0.05) is 31.1 Å². The third-order valence-corrected chi connectivity index (χ3v) is 5.21. The minimum Gasteiger partial charge on any atom is -0.366 e. The van der Waals surface area contributed by atoms with Gasteiger partial charge in [0.05, 0.1) is 11.4 Å². The van der Waals surface area contributed by atoms with Crippen LogP contribution in [0.3, 0.4) is 0 Å². The molecule has 0 aromatic heterocycles. The lowest BCUT2D eigenvalue weighted by atomic mass is 10.2. The van der Waals surface area contributed by atoms with Crippen molar-refractivity contribution in [2.45, 2.75) is 11.8 Å². The second kappa shape index (κ2) is 7.71. The molecular weight excluding hydrogens is 323 g/mol. The molecule has 3 rings (SSSR count). The van der Waals surface area contributed by atoms with Gasteiger partial charge >= 0.3 is 0 Å². The summed E-state index contributed by atoms with van der Waals surface area (Å²) in [7, 11) is 0. The zero-order valence-electron chi connectivity index (χ0n) is 13.7. The van der Waals surface area contributed by atoms with Gasteiger partial charge in [-0.25, -0.2) is 4.39 Å². The molecule has 1 aliphatic heterocycles. The number of amides is 1. The van der Waals surface area contributed by atoms with Crippen LogP contribution in [0.4, 0.5) is 10.1 Å². The lowest BCUT2D eigenvalue weighted by Crippen LogP contribution is -2.49. The highest BCUT2D eigenvalue weighted by Gasteiger charge is 2.22. The molecule has 0 saturated carbocycles. The van der Waals surface area contributed by atoms with Crippen molar-refractivity contribution in [1.82, 2.24) is 4.90 Å². The molecule has 0 bridgehead atoms. The summed E-state index contributed by atoms with van der Waals surface area (Å²) in [6, 6.07) is 15.0. The van der Waals surface area contributed by atoms with Crippen molar-refractivity contribution in [3.05, 3.63) is 59.9 Å². The summed E-state index contributed by atoms with van der Waals surface area (Å²) in [4.78, 5) is 17.4. The molecule has 0 unspecified atom stereocenters. The predicted octanol–water partition coefficient (Wildman–Crippen LogP) is 3.58. The van der Waals surface area contributed by atoms with Crippen molar-refractivity contribution in [3.63, 3.8) is 0 Å². The van der Waals surface area contributed by atoms with Crippen LogP contribution < -0.4 is 4.90 Å². The first-order chi connectivity index (χ1) is 11.6. The maximum absolute atomic E-state index is 13.8. The number of thioether (sulfide) groups is 1. The maximum Gasteiger partial charge on any atom is 0.233 e. The fourth-order valence-corrected chi connectivity index (χ4v) is 3.58. The van der Waals surface area contributed by atoms with E-state index in [0.29, 0.717) is 37.6 Å². The Morgan fingerprint density at radius 1 is 1.04 bits per heavy atom. The second-order valence-electron chi connectivity index (χ2n) is 5.92. The first-order valence-corrected chi connectivity index (χ1v) is 9.09. The SMILES string of the molecule is Cc1ccc(SCC(=O)N2CCN(c3ccccc3F)CC2)cc1. The minimum atomic E-state index is -0.202. The normalized spacial score (nSPS) is 14.8. The zero-order chi connectivity index (χ0) is 16.9. The van der Waals surface area contributed by atoms with E-state index in [1.54, 1.807) is 23.9 Å². The molecule has 1 fully saturated rings. The maximum atomic E-state index is 13.8. The van der Waals surface area contributed by atoms with E-state index in [2.05, 4.69) is 19.1 Å². The van der Waals surface area contributed by atoms with Crippen LogP contribution in [0.5, 0.6) is 0 Å². The summed E-state index contributed by atoms with van der Waals surface area (Å²) in [5.74, 6) is 0.393. The molecule has 5 heteroatoms. The van der Waals surface area contributed by atoms with E-state index in [1.807, 2.05) is 28.0 Å². The molecule has 3 nitrogen and oxygen atoms in total. The van der Waals surface area contributed by atoms with Crippen molar-refractivity contribution >= 4 is 23.4 Å². The van der Waals surface area contributed by atoms with Crippen LogP contribution in [0.2, 0.25) is 0 Å². The number of carbonyl (C=O) groups excluding carboxylic acids is 1. The Labute approximate surface area is 146 Å². The van der Waals surface area contributed by atoms with Gasteiger partial charge in [0.15, 0.2) is 0 Å². The Morgan fingerprint density at radius 2 is 1.71 bits per heavy atom. The highest BCUT2D eigenvalue weighted by molar-refractivity contribution is 8.00. The molecule has 0 aliphatic carbocycles. The summed E-state index contributed by atoms with van der Waals surface area (Å²) in [5, 5.41) is 0. The molecule has 1 amide bonds. The lowest BCUT2D eigenvalue weighted by molar-refractivity contribution is -0.128. The molecule has 24 heavy (non-hydrogen) atoms. The Kier molecular flexibility index (Phi) is 5.41. The predicted molar refractivity (Wildman–Crippen MR) is 97.1 cm³/mol. The van der Waals surface area contributed by atoms with Gasteiger partial charge in [-0.15, -0.1) is 11.8 Å². The zero-order valence-corrected chi connectivity index (χ0v) is 14.6. The van der Waals surface area contributed by atoms with Gasteiger partial charge in [-0.1, -0.05) is 29.8 Å². The quantitative estimate of drug-likeness (QED) is 0.792. The first kappa shape index (κ1) is 16.8. The topological polar surface area (TPSA) is 23.6 Å². The number of piperazine rings is 1. The Hall–Kier alpha value is -2.01. The standard InChI is InChI=1S/C19H21FN2OS/c1-15-6-8-16(9-7-15)24-14-19(23)22-12-10-21(11-13-22)18-5-3-2-4-17(18)20/h2-9H,10-14H2,1H3. The van der Waals surface area contributed by atoms with Gasteiger partial charge in [-0.3, -0.25) is 4.79 Å². The summed E-state index contributed by atoms with van der Waals surface area (Å²) in [6.45, 7) is 4.67. The van der Waals surface area contributed by atoms with E-state index >= 15 is 0 Å². The lowest BCUT2D eigenvalue weighted by Gasteiger charge is -2.36. The van der Waals surface area contributed by atoms with Crippen LogP contribution in [0, 0.1) is 12.7 Å². The fraction of sp³-hybridized carbons (Fsp3) is 0.316. The number of nitrogens with zero attached hydrogens (tertiary/aromatic N) is 2. The van der Waals surface area contributed by atoms with Crippen molar-refractivity contribution < 1.29 is 9.18 Å². The van der Waals surface area contributed by atoms with Crippen molar-refractivity contribution in [1.29, 1.82) is 0 Å². The number of rotatable bonds is 4. The number of carbonyl (C=O) groups is 1. The van der Waals surface area contributed by atoms with E-state index in [4.69, 9.17) is 0 Å². The fourth-order valence-electron chi connectivity index (χ4n) is 2.78. The van der Waals surface area contributed by atoms with Gasteiger partial charge in [0.2, 0.25) is 5.91 Å². The third-order valence-electron chi connectivity index (χ3n) is 4.21. The third kappa shape index (κ3) is 4.09. The average Bonchev–Trinajstić information content (AvgIpc) is 2.61. The van der Waals surface area contributed by atoms with Crippen molar-refractivity contribution in [2.24, 2.45) is 0 Å². The van der Waals surface area contributed by atoms with Crippen LogP contribution >= 0.6 is 11.8 Å². The number of hydrogen-bond donors (Lipinski definition) is 0. The molecule has 2 aromatic carbocycles. The molecule has 0 radical (unpaired) electrons. The van der Waals surface area contributed by atoms with Crippen molar-refractivity contribution in [2.75, 3.05) is 36.8 Å². The van der Waals surface area contributed by atoms with E-state index in [1.165, 1.54) is 11.6 Å². The highest BCUT2D eigenvalue weighted by atomic mass is 32.2. The average molecular weight is 344 g/mol. The Bertz CT molecular complexity index is 697. The van der Waals surface area contributed by atoms with E-state index in [-0.39, 0.29) is 11.7 Å². The van der Waals surface area contributed by atoms with Gasteiger partial charge in [-0.2, -0.15) is 0 Å². The first-order valence-electron chi connectivity index (χ1n) is 8.10.